The number of aliphatic hydroxyl groups excluding tert-OH is 1. The van der Waals surface area contributed by atoms with Crippen LogP contribution in [0.3, 0.4) is 0 Å². The lowest BCUT2D eigenvalue weighted by Crippen LogP contribution is -2.30. The van der Waals surface area contributed by atoms with Gasteiger partial charge in [0, 0.05) is 12.6 Å². The maximum atomic E-state index is 9.35. The fourth-order valence-corrected chi connectivity index (χ4v) is 3.01. The van der Waals surface area contributed by atoms with Crippen molar-refractivity contribution in [1.82, 2.24) is 15.0 Å². The van der Waals surface area contributed by atoms with Crippen molar-refractivity contribution in [1.29, 1.82) is 0 Å². The molecule has 1 aliphatic carbocycles. The summed E-state index contributed by atoms with van der Waals surface area (Å²) < 4.78 is 5.05. The molecule has 1 atom stereocenters. The molecule has 1 aromatic carbocycles. The van der Waals surface area contributed by atoms with Crippen LogP contribution in [0.5, 0.6) is 0 Å². The highest BCUT2D eigenvalue weighted by Gasteiger charge is 2.28. The zero-order chi connectivity index (χ0) is 14.7. The van der Waals surface area contributed by atoms with Gasteiger partial charge in [0.05, 0.1) is 19.7 Å². The number of aromatic nitrogens is 2. The zero-order valence-corrected chi connectivity index (χ0v) is 11.9. The molecule has 3 N–H and O–H groups in total. The average Bonchev–Trinajstić information content (AvgIpc) is 3.13. The van der Waals surface area contributed by atoms with Crippen LogP contribution in [0.2, 0.25) is 0 Å². The molecule has 0 aliphatic heterocycles. The molecule has 1 heterocycles. The third-order valence-electron chi connectivity index (χ3n) is 3.96. The quantitative estimate of drug-likeness (QED) is 0.824. The van der Waals surface area contributed by atoms with E-state index in [9.17, 15) is 5.11 Å². The summed E-state index contributed by atoms with van der Waals surface area (Å²) in [5, 5.41) is 13.3. The molecule has 3 rings (SSSR count). The number of hydrogen-bond donors (Lipinski definition) is 2. The Morgan fingerprint density at radius 1 is 1.38 bits per heavy atom. The van der Waals surface area contributed by atoms with E-state index in [-0.39, 0.29) is 13.2 Å². The second-order valence-electron chi connectivity index (χ2n) is 5.26. The number of nitrogens with two attached hydrogens (primary N) is 1. The van der Waals surface area contributed by atoms with Gasteiger partial charge in [0.15, 0.2) is 5.82 Å². The summed E-state index contributed by atoms with van der Waals surface area (Å²) in [6, 6.07) is 8.78. The topological polar surface area (TPSA) is 88.4 Å². The van der Waals surface area contributed by atoms with Crippen molar-refractivity contribution < 1.29 is 9.63 Å². The lowest BCUT2D eigenvalue weighted by molar-refractivity contribution is 0.138. The van der Waals surface area contributed by atoms with Crippen LogP contribution < -0.4 is 5.73 Å². The molecular weight excluding hydrogens is 268 g/mol. The highest BCUT2D eigenvalue weighted by atomic mass is 16.5. The molecule has 0 amide bonds. The van der Waals surface area contributed by atoms with Crippen molar-refractivity contribution in [3.8, 4) is 0 Å². The maximum Gasteiger partial charge on any atom is 0.240 e. The number of benzene rings is 1. The van der Waals surface area contributed by atoms with Crippen LogP contribution in [0.4, 0.5) is 0 Å². The first-order valence-electron chi connectivity index (χ1n) is 7.26. The second-order valence-corrected chi connectivity index (χ2v) is 5.26. The van der Waals surface area contributed by atoms with Gasteiger partial charge in [0.25, 0.3) is 0 Å². The third-order valence-corrected chi connectivity index (χ3v) is 3.96. The van der Waals surface area contributed by atoms with Gasteiger partial charge in [-0.3, -0.25) is 4.90 Å². The third kappa shape index (κ3) is 2.97. The number of nitrogens with zero attached hydrogens (tertiary/aromatic N) is 3. The van der Waals surface area contributed by atoms with Gasteiger partial charge < -0.3 is 15.4 Å². The molecule has 0 spiro atoms. The van der Waals surface area contributed by atoms with Gasteiger partial charge in [-0.05, 0) is 24.0 Å². The Morgan fingerprint density at radius 2 is 2.24 bits per heavy atom. The van der Waals surface area contributed by atoms with Crippen molar-refractivity contribution in [2.75, 3.05) is 13.2 Å². The molecule has 2 aromatic rings. The Bertz CT molecular complexity index is 599. The summed E-state index contributed by atoms with van der Waals surface area (Å²) in [5.41, 5.74) is 8.22. The molecule has 0 fully saturated rings. The molecular formula is C15H20N4O2. The molecule has 21 heavy (non-hydrogen) atoms. The van der Waals surface area contributed by atoms with Gasteiger partial charge in [-0.15, -0.1) is 0 Å². The lowest BCUT2D eigenvalue weighted by Gasteiger charge is -2.27. The van der Waals surface area contributed by atoms with Crippen molar-refractivity contribution in [3.05, 3.63) is 47.1 Å². The summed E-state index contributed by atoms with van der Waals surface area (Å²) in [4.78, 5) is 6.46. The van der Waals surface area contributed by atoms with Gasteiger partial charge in [0.1, 0.15) is 0 Å². The van der Waals surface area contributed by atoms with Crippen molar-refractivity contribution in [2.45, 2.75) is 32.0 Å². The van der Waals surface area contributed by atoms with E-state index in [4.69, 9.17) is 10.3 Å². The van der Waals surface area contributed by atoms with Crippen LogP contribution in [0, 0.1) is 0 Å². The largest absolute Gasteiger partial charge is 0.395 e. The van der Waals surface area contributed by atoms with Gasteiger partial charge in [0.2, 0.25) is 5.89 Å². The molecule has 112 valence electrons. The average molecular weight is 288 g/mol. The van der Waals surface area contributed by atoms with E-state index < -0.39 is 0 Å². The smallest absolute Gasteiger partial charge is 0.240 e. The molecule has 1 aliphatic rings. The molecule has 6 nitrogen and oxygen atoms in total. The summed E-state index contributed by atoms with van der Waals surface area (Å²) >= 11 is 0. The van der Waals surface area contributed by atoms with Gasteiger partial charge in [-0.25, -0.2) is 0 Å². The number of rotatable bonds is 6. The predicted molar refractivity (Wildman–Crippen MR) is 77.2 cm³/mol. The first-order chi connectivity index (χ1) is 10.3. The van der Waals surface area contributed by atoms with Crippen molar-refractivity contribution >= 4 is 0 Å². The molecule has 0 bridgehead atoms. The van der Waals surface area contributed by atoms with E-state index in [1.807, 2.05) is 0 Å². The Hall–Kier alpha value is -1.76. The minimum Gasteiger partial charge on any atom is -0.395 e. The fourth-order valence-electron chi connectivity index (χ4n) is 3.01. The Labute approximate surface area is 123 Å². The molecule has 1 aromatic heterocycles. The van der Waals surface area contributed by atoms with E-state index in [0.717, 1.165) is 12.8 Å². The number of aliphatic hydroxyl groups is 1. The van der Waals surface area contributed by atoms with Crippen LogP contribution in [0.25, 0.3) is 0 Å². The Morgan fingerprint density at radius 3 is 3.00 bits per heavy atom. The number of hydrogen-bond acceptors (Lipinski definition) is 6. The standard InChI is InChI=1S/C15H20N4O2/c16-9-15-17-14(18-21-15)10-19(7-8-20)13-6-5-11-3-1-2-4-12(11)13/h1-4,13,20H,5-10,16H2. The van der Waals surface area contributed by atoms with E-state index in [2.05, 4.69) is 39.3 Å². The van der Waals surface area contributed by atoms with Gasteiger partial charge in [-0.1, -0.05) is 29.4 Å². The van der Waals surface area contributed by atoms with Crippen LogP contribution in [-0.2, 0) is 19.5 Å². The highest BCUT2D eigenvalue weighted by Crippen LogP contribution is 2.35. The first-order valence-corrected chi connectivity index (χ1v) is 7.26. The minimum atomic E-state index is 0.111. The lowest BCUT2D eigenvalue weighted by atomic mass is 10.1. The van der Waals surface area contributed by atoms with E-state index in [1.165, 1.54) is 11.1 Å². The summed E-state index contributed by atoms with van der Waals surface area (Å²) in [7, 11) is 0. The summed E-state index contributed by atoms with van der Waals surface area (Å²) in [6.45, 7) is 1.51. The Kier molecular flexibility index (Phi) is 4.28. The second kappa shape index (κ2) is 6.34. The number of fused-ring (bicyclic) bond motifs is 1. The van der Waals surface area contributed by atoms with Crippen molar-refractivity contribution in [2.24, 2.45) is 5.73 Å². The fraction of sp³-hybridized carbons (Fsp3) is 0.467. The monoisotopic (exact) mass is 288 g/mol. The normalized spacial score (nSPS) is 17.4. The summed E-state index contributed by atoms with van der Waals surface area (Å²) in [5.74, 6) is 1.06. The van der Waals surface area contributed by atoms with Gasteiger partial charge >= 0.3 is 0 Å². The Balaban J connectivity index is 1.79. The molecule has 0 radical (unpaired) electrons. The zero-order valence-electron chi connectivity index (χ0n) is 11.9. The molecule has 6 heteroatoms. The van der Waals surface area contributed by atoms with Crippen molar-refractivity contribution in [3.63, 3.8) is 0 Å². The van der Waals surface area contributed by atoms with E-state index >= 15 is 0 Å². The van der Waals surface area contributed by atoms with Crippen LogP contribution >= 0.6 is 0 Å². The molecule has 0 saturated carbocycles. The highest BCUT2D eigenvalue weighted by molar-refractivity contribution is 5.34. The van der Waals surface area contributed by atoms with Crippen LogP contribution in [0.1, 0.15) is 35.3 Å². The maximum absolute atomic E-state index is 9.35. The minimum absolute atomic E-state index is 0.111. The van der Waals surface area contributed by atoms with Gasteiger partial charge in [-0.2, -0.15) is 4.98 Å². The van der Waals surface area contributed by atoms with E-state index in [0.29, 0.717) is 30.8 Å². The van der Waals surface area contributed by atoms with Crippen LogP contribution in [-0.4, -0.2) is 33.3 Å². The van der Waals surface area contributed by atoms with Crippen LogP contribution in [0.15, 0.2) is 28.8 Å². The number of aryl methyl sites for hydroxylation is 1. The molecule has 0 saturated heterocycles. The summed E-state index contributed by atoms with van der Waals surface area (Å²) in [6.07, 6.45) is 2.13. The van der Waals surface area contributed by atoms with E-state index in [1.54, 1.807) is 0 Å². The SMILES string of the molecule is NCc1nc(CN(CCO)C2CCc3ccccc32)no1. The first kappa shape index (κ1) is 14.2. The molecule has 1 unspecified atom stereocenters. The predicted octanol–water partition coefficient (Wildman–Crippen LogP) is 1.01.